The van der Waals surface area contributed by atoms with Crippen LogP contribution in [0.3, 0.4) is 0 Å². The number of carboxylic acid groups (broad SMARTS) is 2. The molecule has 31 heavy (non-hydrogen) atoms. The van der Waals surface area contributed by atoms with E-state index in [-0.39, 0.29) is 11.1 Å². The summed E-state index contributed by atoms with van der Waals surface area (Å²) in [6.45, 7) is 0. The van der Waals surface area contributed by atoms with Gasteiger partial charge in [0.2, 0.25) is 0 Å². The van der Waals surface area contributed by atoms with E-state index in [0.29, 0.717) is 5.92 Å². The van der Waals surface area contributed by atoms with Gasteiger partial charge in [0.05, 0.1) is 11.1 Å². The lowest BCUT2D eigenvalue weighted by molar-refractivity contribution is 0.0651. The third kappa shape index (κ3) is 5.67. The Morgan fingerprint density at radius 3 is 0.968 bits per heavy atom. The van der Waals surface area contributed by atoms with E-state index in [4.69, 9.17) is 10.2 Å². The number of hydrogen-bond donors (Lipinski definition) is 2. The van der Waals surface area contributed by atoms with Crippen molar-refractivity contribution in [2.75, 3.05) is 0 Å². The summed E-state index contributed by atoms with van der Waals surface area (Å²) in [5, 5.41) is 17.1. The van der Waals surface area contributed by atoms with Gasteiger partial charge < -0.3 is 10.2 Å². The van der Waals surface area contributed by atoms with E-state index in [0.717, 1.165) is 0 Å². The van der Waals surface area contributed by atoms with E-state index in [1.54, 1.807) is 0 Å². The minimum Gasteiger partial charge on any atom is -0.478 e. The average molecular weight is 410 g/mol. The van der Waals surface area contributed by atoms with E-state index in [1.165, 1.54) is 41.0 Å². The van der Waals surface area contributed by atoms with Crippen molar-refractivity contribution in [2.45, 2.75) is 5.92 Å². The van der Waals surface area contributed by atoms with Gasteiger partial charge in [-0.2, -0.15) is 0 Å². The molecule has 0 amide bonds. The molecule has 0 unspecified atom stereocenters. The van der Waals surface area contributed by atoms with Crippen LogP contribution in [-0.2, 0) is 0 Å². The summed E-state index contributed by atoms with van der Waals surface area (Å²) in [7, 11) is 0. The Labute approximate surface area is 181 Å². The Balaban J connectivity index is 0.000000196. The van der Waals surface area contributed by atoms with Crippen molar-refractivity contribution >= 4 is 11.9 Å². The first-order chi connectivity index (χ1) is 15.1. The molecule has 0 saturated carbocycles. The van der Waals surface area contributed by atoms with Crippen LogP contribution in [0, 0.1) is 0 Å². The van der Waals surface area contributed by atoms with Gasteiger partial charge in [0.15, 0.2) is 0 Å². The minimum absolute atomic E-state index is 0.190. The lowest BCUT2D eigenvalue weighted by Crippen LogP contribution is -2.06. The molecule has 4 rings (SSSR count). The maximum Gasteiger partial charge on any atom is 0.336 e. The van der Waals surface area contributed by atoms with Gasteiger partial charge in [0.25, 0.3) is 0 Å². The van der Waals surface area contributed by atoms with Crippen LogP contribution in [0.4, 0.5) is 0 Å². The molecular weight excluding hydrogens is 388 g/mol. The minimum atomic E-state index is -1.23. The predicted molar refractivity (Wildman–Crippen MR) is 121 cm³/mol. The Bertz CT molecular complexity index is 997. The third-order valence-corrected chi connectivity index (χ3v) is 4.79. The quantitative estimate of drug-likeness (QED) is 0.399. The summed E-state index contributed by atoms with van der Waals surface area (Å²) in [5.74, 6) is -2.15. The third-order valence-electron chi connectivity index (χ3n) is 4.79. The van der Waals surface area contributed by atoms with Gasteiger partial charge >= 0.3 is 11.9 Å². The normalized spacial score (nSPS) is 10.1. The van der Waals surface area contributed by atoms with E-state index >= 15 is 0 Å². The number of hydrogen-bond acceptors (Lipinski definition) is 2. The second-order valence-electron chi connectivity index (χ2n) is 6.82. The molecule has 0 aliphatic rings. The van der Waals surface area contributed by atoms with Gasteiger partial charge in [-0.3, -0.25) is 0 Å². The van der Waals surface area contributed by atoms with E-state index in [9.17, 15) is 9.59 Å². The Morgan fingerprint density at radius 1 is 0.452 bits per heavy atom. The van der Waals surface area contributed by atoms with Crippen molar-refractivity contribution < 1.29 is 19.8 Å². The molecule has 0 bridgehead atoms. The molecule has 154 valence electrons. The van der Waals surface area contributed by atoms with Gasteiger partial charge in [-0.1, -0.05) is 103 Å². The molecule has 0 fully saturated rings. The summed E-state index contributed by atoms with van der Waals surface area (Å²) in [5.41, 5.74) is 3.62. The molecule has 0 aliphatic carbocycles. The Morgan fingerprint density at radius 2 is 0.710 bits per heavy atom. The zero-order chi connectivity index (χ0) is 22.1. The van der Waals surface area contributed by atoms with Crippen molar-refractivity contribution in [2.24, 2.45) is 0 Å². The summed E-state index contributed by atoms with van der Waals surface area (Å²) in [6, 6.07) is 37.5. The van der Waals surface area contributed by atoms with Crippen LogP contribution in [-0.4, -0.2) is 22.2 Å². The van der Waals surface area contributed by atoms with Crippen LogP contribution >= 0.6 is 0 Å². The highest BCUT2D eigenvalue weighted by Gasteiger charge is 2.15. The zero-order valence-corrected chi connectivity index (χ0v) is 16.8. The molecule has 4 heteroatoms. The number of benzene rings is 4. The molecule has 0 spiro atoms. The molecule has 0 heterocycles. The number of carboxylic acids is 2. The van der Waals surface area contributed by atoms with Crippen LogP contribution < -0.4 is 0 Å². The fourth-order valence-corrected chi connectivity index (χ4v) is 3.37. The molecule has 0 saturated heterocycles. The fourth-order valence-electron chi connectivity index (χ4n) is 3.37. The molecular formula is C27H22O4. The molecule has 4 aromatic carbocycles. The molecule has 0 aromatic heterocycles. The topological polar surface area (TPSA) is 74.6 Å². The lowest BCUT2D eigenvalue weighted by atomic mass is 9.85. The first-order valence-electron chi connectivity index (χ1n) is 9.78. The van der Waals surface area contributed by atoms with Crippen molar-refractivity contribution in [1.82, 2.24) is 0 Å². The largest absolute Gasteiger partial charge is 0.478 e. The van der Waals surface area contributed by atoms with Crippen molar-refractivity contribution in [1.29, 1.82) is 0 Å². The first kappa shape index (κ1) is 21.5. The first-order valence-corrected chi connectivity index (χ1v) is 9.78. The van der Waals surface area contributed by atoms with Crippen LogP contribution in [0.15, 0.2) is 115 Å². The standard InChI is InChI=1S/C19H16.C8H6O4/c1-4-10-16(11-5-1)19(17-12-6-2-7-13-17)18-14-8-3-9-15-18;9-7(10)5-3-1-2-4-6(5)8(11)12/h1-15,19H;1-4H,(H,9,10)(H,11,12). The van der Waals surface area contributed by atoms with Crippen molar-refractivity contribution in [3.63, 3.8) is 0 Å². The fraction of sp³-hybridized carbons (Fsp3) is 0.0370. The van der Waals surface area contributed by atoms with Crippen LogP contribution in [0.5, 0.6) is 0 Å². The van der Waals surface area contributed by atoms with Gasteiger partial charge in [0.1, 0.15) is 0 Å². The van der Waals surface area contributed by atoms with Gasteiger partial charge in [-0.05, 0) is 28.8 Å². The Hall–Kier alpha value is -4.18. The molecule has 4 nitrogen and oxygen atoms in total. The number of aromatic carboxylic acids is 2. The smallest absolute Gasteiger partial charge is 0.336 e. The SMILES string of the molecule is O=C(O)c1ccccc1C(=O)O.c1ccc(C(c2ccccc2)c2ccccc2)cc1. The summed E-state index contributed by atoms with van der Waals surface area (Å²) < 4.78 is 0. The second-order valence-corrected chi connectivity index (χ2v) is 6.82. The van der Waals surface area contributed by atoms with Crippen LogP contribution in [0.1, 0.15) is 43.3 Å². The highest BCUT2D eigenvalue weighted by atomic mass is 16.4. The van der Waals surface area contributed by atoms with Crippen LogP contribution in [0.25, 0.3) is 0 Å². The lowest BCUT2D eigenvalue weighted by Gasteiger charge is -2.18. The maximum atomic E-state index is 10.5. The molecule has 0 radical (unpaired) electrons. The number of carbonyl (C=O) groups is 2. The summed E-state index contributed by atoms with van der Waals surface area (Å²) in [4.78, 5) is 20.9. The van der Waals surface area contributed by atoms with Crippen molar-refractivity contribution in [3.05, 3.63) is 143 Å². The summed E-state index contributed by atoms with van der Waals surface area (Å²) >= 11 is 0. The van der Waals surface area contributed by atoms with E-state index in [1.807, 2.05) is 0 Å². The average Bonchev–Trinajstić information content (AvgIpc) is 2.82. The van der Waals surface area contributed by atoms with Crippen molar-refractivity contribution in [3.8, 4) is 0 Å². The second kappa shape index (κ2) is 10.6. The highest BCUT2D eigenvalue weighted by Crippen LogP contribution is 2.31. The molecule has 4 aromatic rings. The Kier molecular flexibility index (Phi) is 7.33. The van der Waals surface area contributed by atoms with Gasteiger partial charge in [-0.25, -0.2) is 9.59 Å². The summed E-state index contributed by atoms with van der Waals surface area (Å²) in [6.07, 6.45) is 0. The van der Waals surface area contributed by atoms with E-state index < -0.39 is 11.9 Å². The zero-order valence-electron chi connectivity index (χ0n) is 16.8. The maximum absolute atomic E-state index is 10.5. The monoisotopic (exact) mass is 410 g/mol. The van der Waals surface area contributed by atoms with Gasteiger partial charge in [0, 0.05) is 5.92 Å². The predicted octanol–water partition coefficient (Wildman–Crippen LogP) is 5.95. The molecule has 0 aliphatic heterocycles. The van der Waals surface area contributed by atoms with E-state index in [2.05, 4.69) is 91.0 Å². The molecule has 0 atom stereocenters. The highest BCUT2D eigenvalue weighted by molar-refractivity contribution is 6.01. The van der Waals surface area contributed by atoms with Crippen LogP contribution in [0.2, 0.25) is 0 Å². The molecule has 2 N–H and O–H groups in total. The van der Waals surface area contributed by atoms with Gasteiger partial charge in [-0.15, -0.1) is 0 Å². The number of rotatable bonds is 5.